The second-order valence-electron chi connectivity index (χ2n) is 3.13. The molecule has 0 spiro atoms. The Morgan fingerprint density at radius 2 is 2.15 bits per heavy atom. The Morgan fingerprint density at radius 3 is 2.69 bits per heavy atom. The molecule has 1 aliphatic carbocycles. The fourth-order valence-electron chi connectivity index (χ4n) is 1.26. The fourth-order valence-corrected chi connectivity index (χ4v) is 1.56. The van der Waals surface area contributed by atoms with Crippen LogP contribution >= 0.6 is 15.9 Å². The molecule has 1 heterocycles. The van der Waals surface area contributed by atoms with E-state index in [1.807, 2.05) is 0 Å². The smallest absolute Gasteiger partial charge is 0.423 e. The number of hydrogen-bond donors (Lipinski definition) is 2. The van der Waals surface area contributed by atoms with Gasteiger partial charge in [-0.2, -0.15) is 0 Å². The van der Waals surface area contributed by atoms with Gasteiger partial charge in [0.1, 0.15) is 0 Å². The maximum Gasteiger partial charge on any atom is 0.491 e. The predicted molar refractivity (Wildman–Crippen MR) is 51.5 cm³/mol. The van der Waals surface area contributed by atoms with Crippen molar-refractivity contribution in [3.63, 3.8) is 0 Å². The van der Waals surface area contributed by atoms with Gasteiger partial charge in [0, 0.05) is 23.3 Å². The summed E-state index contributed by atoms with van der Waals surface area (Å²) in [5, 5.41) is 18.1. The quantitative estimate of drug-likeness (QED) is 0.557. The van der Waals surface area contributed by atoms with Gasteiger partial charge < -0.3 is 10.0 Å². The summed E-state index contributed by atoms with van der Waals surface area (Å²) >= 11 is 3.16. The van der Waals surface area contributed by atoms with Crippen LogP contribution in [-0.2, 0) is 0 Å². The summed E-state index contributed by atoms with van der Waals surface area (Å²) in [6, 6.07) is 0. The Kier molecular flexibility index (Phi) is 2.36. The van der Waals surface area contributed by atoms with Crippen molar-refractivity contribution in [2.24, 2.45) is 0 Å². The van der Waals surface area contributed by atoms with Crippen LogP contribution in [0.3, 0.4) is 0 Å². The fraction of sp³-hybridized carbons (Fsp3) is 0.429. The van der Waals surface area contributed by atoms with Crippen molar-refractivity contribution in [2.45, 2.75) is 18.8 Å². The molecule has 0 amide bonds. The molecule has 0 saturated heterocycles. The minimum absolute atomic E-state index is 0.385. The van der Waals surface area contributed by atoms with Crippen molar-refractivity contribution < 1.29 is 10.0 Å². The van der Waals surface area contributed by atoms with Gasteiger partial charge >= 0.3 is 7.12 Å². The van der Waals surface area contributed by atoms with Gasteiger partial charge in [0.25, 0.3) is 0 Å². The Bertz CT molecular complexity index is 330. The van der Waals surface area contributed by atoms with Crippen molar-refractivity contribution in [2.75, 3.05) is 0 Å². The van der Waals surface area contributed by atoms with Gasteiger partial charge in [-0.05, 0) is 28.8 Å². The van der Waals surface area contributed by atoms with Gasteiger partial charge in [-0.25, -0.2) is 9.97 Å². The molecule has 1 aromatic heterocycles. The molecule has 2 rings (SSSR count). The first-order valence-electron chi connectivity index (χ1n) is 4.07. The number of halogens is 1. The molecule has 4 nitrogen and oxygen atoms in total. The van der Waals surface area contributed by atoms with E-state index < -0.39 is 7.12 Å². The molecule has 68 valence electrons. The highest BCUT2D eigenvalue weighted by molar-refractivity contribution is 9.10. The molecule has 1 aromatic rings. The molecule has 6 heteroatoms. The van der Waals surface area contributed by atoms with E-state index in [9.17, 15) is 0 Å². The van der Waals surface area contributed by atoms with Crippen molar-refractivity contribution in [1.82, 2.24) is 9.97 Å². The third-order valence-electron chi connectivity index (χ3n) is 2.06. The van der Waals surface area contributed by atoms with E-state index in [0.29, 0.717) is 16.1 Å². The molecule has 0 bridgehead atoms. The molecular formula is C7H8BBrN2O2. The Labute approximate surface area is 84.3 Å². The van der Waals surface area contributed by atoms with E-state index >= 15 is 0 Å². The summed E-state index contributed by atoms with van der Waals surface area (Å²) in [4.78, 5) is 8.00. The molecule has 0 unspecified atom stereocenters. The normalized spacial score (nSPS) is 15.9. The third-order valence-corrected chi connectivity index (χ3v) is 2.44. The lowest BCUT2D eigenvalue weighted by atomic mass is 9.79. The van der Waals surface area contributed by atoms with Gasteiger partial charge in [0.05, 0.1) is 0 Å². The topological polar surface area (TPSA) is 66.2 Å². The maximum atomic E-state index is 9.03. The predicted octanol–water partition coefficient (Wildman–Crippen LogP) is -0.204. The number of rotatable bonds is 2. The van der Waals surface area contributed by atoms with Crippen LogP contribution in [0.1, 0.15) is 24.5 Å². The Morgan fingerprint density at radius 1 is 1.46 bits per heavy atom. The largest absolute Gasteiger partial charge is 0.491 e. The summed E-state index contributed by atoms with van der Waals surface area (Å²) in [6.45, 7) is 0. The van der Waals surface area contributed by atoms with Crippen LogP contribution in [0.2, 0.25) is 0 Å². The van der Waals surface area contributed by atoms with Crippen LogP contribution < -0.4 is 5.46 Å². The van der Waals surface area contributed by atoms with E-state index in [1.165, 1.54) is 6.20 Å². The third kappa shape index (κ3) is 1.90. The molecule has 0 atom stereocenters. The van der Waals surface area contributed by atoms with Gasteiger partial charge in [0.2, 0.25) is 0 Å². The van der Waals surface area contributed by atoms with E-state index in [4.69, 9.17) is 10.0 Å². The lowest BCUT2D eigenvalue weighted by Gasteiger charge is -2.05. The molecule has 0 radical (unpaired) electrons. The standard InChI is InChI=1S/C7H8BBrN2O2/c9-7-10-3-5(8(12)13)6(11-7)4-1-2-4/h3-4,12-13H,1-2H2. The van der Waals surface area contributed by atoms with Crippen molar-refractivity contribution >= 4 is 28.5 Å². The zero-order valence-electron chi connectivity index (χ0n) is 6.81. The molecular weight excluding hydrogens is 235 g/mol. The van der Waals surface area contributed by atoms with E-state index in [2.05, 4.69) is 25.9 Å². The average molecular weight is 243 g/mol. The Balaban J connectivity index is 2.42. The van der Waals surface area contributed by atoms with Crippen LogP contribution in [0.15, 0.2) is 10.9 Å². The first kappa shape index (κ1) is 9.11. The molecule has 13 heavy (non-hydrogen) atoms. The van der Waals surface area contributed by atoms with Crippen molar-refractivity contribution in [3.8, 4) is 0 Å². The zero-order valence-corrected chi connectivity index (χ0v) is 8.40. The summed E-state index contributed by atoms with van der Waals surface area (Å²) in [6.07, 6.45) is 3.60. The monoisotopic (exact) mass is 242 g/mol. The molecule has 2 N–H and O–H groups in total. The summed E-state index contributed by atoms with van der Waals surface area (Å²) in [5.74, 6) is 0.385. The van der Waals surface area contributed by atoms with Crippen LogP contribution in [-0.4, -0.2) is 27.1 Å². The molecule has 1 aliphatic rings. The summed E-state index contributed by atoms with van der Waals surface area (Å²) in [7, 11) is -1.47. The molecule has 1 saturated carbocycles. The summed E-state index contributed by atoms with van der Waals surface area (Å²) in [5.41, 5.74) is 1.18. The zero-order chi connectivity index (χ0) is 9.42. The Hall–Kier alpha value is -0.455. The minimum Gasteiger partial charge on any atom is -0.423 e. The van der Waals surface area contributed by atoms with Crippen LogP contribution in [0.4, 0.5) is 0 Å². The minimum atomic E-state index is -1.47. The van der Waals surface area contributed by atoms with Crippen molar-refractivity contribution in [3.05, 3.63) is 16.6 Å². The van der Waals surface area contributed by atoms with Gasteiger partial charge in [-0.3, -0.25) is 0 Å². The first-order chi connectivity index (χ1) is 6.18. The van der Waals surface area contributed by atoms with E-state index in [-0.39, 0.29) is 0 Å². The second kappa shape index (κ2) is 3.36. The van der Waals surface area contributed by atoms with Crippen LogP contribution in [0.5, 0.6) is 0 Å². The summed E-state index contributed by atoms with van der Waals surface area (Å²) < 4.78 is 0.499. The average Bonchev–Trinajstić information content (AvgIpc) is 2.85. The molecule has 0 aliphatic heterocycles. The second-order valence-corrected chi connectivity index (χ2v) is 3.84. The van der Waals surface area contributed by atoms with Crippen molar-refractivity contribution in [1.29, 1.82) is 0 Å². The SMILES string of the molecule is OB(O)c1cnc(Br)nc1C1CC1. The van der Waals surface area contributed by atoms with Gasteiger partial charge in [-0.1, -0.05) is 0 Å². The number of aromatic nitrogens is 2. The van der Waals surface area contributed by atoms with Crippen LogP contribution in [0.25, 0.3) is 0 Å². The number of nitrogens with zero attached hydrogens (tertiary/aromatic N) is 2. The maximum absolute atomic E-state index is 9.03. The van der Waals surface area contributed by atoms with Crippen LogP contribution in [0, 0.1) is 0 Å². The highest BCUT2D eigenvalue weighted by Gasteiger charge is 2.31. The van der Waals surface area contributed by atoms with Gasteiger partial charge in [-0.15, -0.1) is 0 Å². The molecule has 0 aromatic carbocycles. The number of hydrogen-bond acceptors (Lipinski definition) is 4. The molecule has 1 fully saturated rings. The van der Waals surface area contributed by atoms with E-state index in [0.717, 1.165) is 18.5 Å². The lowest BCUT2D eigenvalue weighted by Crippen LogP contribution is -2.34. The first-order valence-corrected chi connectivity index (χ1v) is 4.86. The highest BCUT2D eigenvalue weighted by Crippen LogP contribution is 2.38. The lowest BCUT2D eigenvalue weighted by molar-refractivity contribution is 0.425. The van der Waals surface area contributed by atoms with Gasteiger partial charge in [0.15, 0.2) is 4.73 Å². The highest BCUT2D eigenvalue weighted by atomic mass is 79.9. The van der Waals surface area contributed by atoms with E-state index in [1.54, 1.807) is 0 Å².